The van der Waals surface area contributed by atoms with E-state index >= 15 is 0 Å². The molecule has 0 amide bonds. The fourth-order valence-corrected chi connectivity index (χ4v) is 2.33. The molecule has 2 aliphatic heterocycles. The van der Waals surface area contributed by atoms with Gasteiger partial charge < -0.3 is 10.1 Å². The van der Waals surface area contributed by atoms with Crippen molar-refractivity contribution in [1.82, 2.24) is 5.32 Å². The molecule has 0 radical (unpaired) electrons. The summed E-state index contributed by atoms with van der Waals surface area (Å²) < 4.78 is 19.1. The minimum absolute atomic E-state index is 0.103. The maximum Gasteiger partial charge on any atom is 0.120 e. The Kier molecular flexibility index (Phi) is 3.17. The second kappa shape index (κ2) is 4.38. The van der Waals surface area contributed by atoms with Crippen LogP contribution in [-0.2, 0) is 4.74 Å². The summed E-state index contributed by atoms with van der Waals surface area (Å²) in [6, 6.07) is 0.103. The minimum Gasteiger partial charge on any atom is -0.381 e. The Morgan fingerprint density at radius 2 is 2.23 bits per heavy atom. The number of hydrogen-bond acceptors (Lipinski definition) is 2. The SMILES string of the molecule is FC(C1CCCOC1)C1CCCN1. The van der Waals surface area contributed by atoms with Gasteiger partial charge in [-0.1, -0.05) is 0 Å². The molecule has 0 aromatic carbocycles. The van der Waals surface area contributed by atoms with Crippen LogP contribution in [0.15, 0.2) is 0 Å². The highest BCUT2D eigenvalue weighted by Gasteiger charge is 2.32. The van der Waals surface area contributed by atoms with Gasteiger partial charge in [0.05, 0.1) is 6.61 Å². The minimum atomic E-state index is -0.692. The van der Waals surface area contributed by atoms with E-state index in [-0.39, 0.29) is 12.0 Å². The van der Waals surface area contributed by atoms with Gasteiger partial charge in [0.15, 0.2) is 0 Å². The van der Waals surface area contributed by atoms with Crippen molar-refractivity contribution in [3.8, 4) is 0 Å². The van der Waals surface area contributed by atoms with Crippen molar-refractivity contribution in [1.29, 1.82) is 0 Å². The van der Waals surface area contributed by atoms with E-state index in [2.05, 4.69) is 5.32 Å². The first kappa shape index (κ1) is 9.41. The molecule has 2 nitrogen and oxygen atoms in total. The predicted molar refractivity (Wildman–Crippen MR) is 49.5 cm³/mol. The number of halogens is 1. The lowest BCUT2D eigenvalue weighted by atomic mass is 9.92. The van der Waals surface area contributed by atoms with Crippen molar-refractivity contribution in [2.24, 2.45) is 5.92 Å². The van der Waals surface area contributed by atoms with Crippen LogP contribution >= 0.6 is 0 Å². The molecular formula is C10H18FNO. The molecule has 3 unspecified atom stereocenters. The summed E-state index contributed by atoms with van der Waals surface area (Å²) >= 11 is 0. The Morgan fingerprint density at radius 3 is 2.85 bits per heavy atom. The van der Waals surface area contributed by atoms with E-state index in [1.807, 2.05) is 0 Å². The van der Waals surface area contributed by atoms with Crippen LogP contribution in [0.2, 0.25) is 0 Å². The molecule has 2 aliphatic rings. The van der Waals surface area contributed by atoms with Gasteiger partial charge in [0.1, 0.15) is 6.17 Å². The van der Waals surface area contributed by atoms with E-state index in [1.54, 1.807) is 0 Å². The van der Waals surface area contributed by atoms with Gasteiger partial charge in [0.2, 0.25) is 0 Å². The van der Waals surface area contributed by atoms with E-state index in [1.165, 1.54) is 0 Å². The molecule has 3 atom stereocenters. The first-order valence-electron chi connectivity index (χ1n) is 5.33. The third-order valence-electron chi connectivity index (χ3n) is 3.13. The first-order chi connectivity index (χ1) is 6.38. The summed E-state index contributed by atoms with van der Waals surface area (Å²) in [5.74, 6) is 0.143. The molecule has 0 aliphatic carbocycles. The van der Waals surface area contributed by atoms with E-state index < -0.39 is 6.17 Å². The van der Waals surface area contributed by atoms with Gasteiger partial charge in [-0.15, -0.1) is 0 Å². The second-order valence-electron chi connectivity index (χ2n) is 4.12. The Balaban J connectivity index is 1.83. The van der Waals surface area contributed by atoms with Crippen molar-refractivity contribution < 1.29 is 9.13 Å². The van der Waals surface area contributed by atoms with Gasteiger partial charge >= 0.3 is 0 Å². The number of rotatable bonds is 2. The van der Waals surface area contributed by atoms with E-state index in [0.29, 0.717) is 6.61 Å². The molecule has 0 aromatic rings. The molecule has 2 rings (SSSR count). The topological polar surface area (TPSA) is 21.3 Å². The van der Waals surface area contributed by atoms with Crippen LogP contribution in [-0.4, -0.2) is 32.0 Å². The monoisotopic (exact) mass is 187 g/mol. The summed E-state index contributed by atoms with van der Waals surface area (Å²) in [4.78, 5) is 0. The smallest absolute Gasteiger partial charge is 0.120 e. The molecule has 1 N–H and O–H groups in total. The molecule has 76 valence electrons. The Morgan fingerprint density at radius 1 is 1.31 bits per heavy atom. The number of hydrogen-bond donors (Lipinski definition) is 1. The highest BCUT2D eigenvalue weighted by atomic mass is 19.1. The lowest BCUT2D eigenvalue weighted by Crippen LogP contribution is -2.40. The number of ether oxygens (including phenoxy) is 1. The second-order valence-corrected chi connectivity index (χ2v) is 4.12. The molecule has 2 saturated heterocycles. The molecule has 0 bridgehead atoms. The summed E-state index contributed by atoms with van der Waals surface area (Å²) in [6.07, 6.45) is 3.45. The lowest BCUT2D eigenvalue weighted by Gasteiger charge is -2.28. The summed E-state index contributed by atoms with van der Waals surface area (Å²) in [5.41, 5.74) is 0. The van der Waals surface area contributed by atoms with Gasteiger partial charge in [-0.25, -0.2) is 4.39 Å². The van der Waals surface area contributed by atoms with Crippen molar-refractivity contribution in [2.75, 3.05) is 19.8 Å². The molecule has 0 aromatic heterocycles. The molecular weight excluding hydrogens is 169 g/mol. The maximum atomic E-state index is 13.9. The van der Waals surface area contributed by atoms with Crippen LogP contribution in [0.4, 0.5) is 4.39 Å². The van der Waals surface area contributed by atoms with Crippen LogP contribution in [0, 0.1) is 5.92 Å². The van der Waals surface area contributed by atoms with Gasteiger partial charge in [-0.05, 0) is 32.2 Å². The molecule has 2 heterocycles. The van der Waals surface area contributed by atoms with Crippen LogP contribution in [0.1, 0.15) is 25.7 Å². The number of nitrogens with one attached hydrogen (secondary N) is 1. The average molecular weight is 187 g/mol. The average Bonchev–Trinajstić information content (AvgIpc) is 2.71. The Hall–Kier alpha value is -0.150. The zero-order valence-electron chi connectivity index (χ0n) is 7.97. The van der Waals surface area contributed by atoms with Crippen LogP contribution in [0.3, 0.4) is 0 Å². The zero-order valence-corrected chi connectivity index (χ0v) is 7.97. The van der Waals surface area contributed by atoms with E-state index in [9.17, 15) is 4.39 Å². The highest BCUT2D eigenvalue weighted by molar-refractivity contribution is 4.86. The molecule has 13 heavy (non-hydrogen) atoms. The maximum absolute atomic E-state index is 13.9. The van der Waals surface area contributed by atoms with E-state index in [0.717, 1.165) is 38.8 Å². The molecule has 0 saturated carbocycles. The first-order valence-corrected chi connectivity index (χ1v) is 5.33. The predicted octanol–water partition coefficient (Wildman–Crippen LogP) is 1.50. The van der Waals surface area contributed by atoms with Gasteiger partial charge in [0, 0.05) is 18.6 Å². The van der Waals surface area contributed by atoms with Gasteiger partial charge in [0.25, 0.3) is 0 Å². The largest absolute Gasteiger partial charge is 0.381 e. The quantitative estimate of drug-likeness (QED) is 0.707. The lowest BCUT2D eigenvalue weighted by molar-refractivity contribution is 0.0116. The fourth-order valence-electron chi connectivity index (χ4n) is 2.33. The summed E-state index contributed by atoms with van der Waals surface area (Å²) in [6.45, 7) is 2.43. The van der Waals surface area contributed by atoms with Crippen LogP contribution in [0.25, 0.3) is 0 Å². The summed E-state index contributed by atoms with van der Waals surface area (Å²) in [7, 11) is 0. The summed E-state index contributed by atoms with van der Waals surface area (Å²) in [5, 5.41) is 3.22. The van der Waals surface area contributed by atoms with Crippen molar-refractivity contribution in [2.45, 2.75) is 37.9 Å². The van der Waals surface area contributed by atoms with Gasteiger partial charge in [-0.2, -0.15) is 0 Å². The normalized spacial score (nSPS) is 37.6. The molecule has 0 spiro atoms. The molecule has 3 heteroatoms. The van der Waals surface area contributed by atoms with Crippen molar-refractivity contribution in [3.63, 3.8) is 0 Å². The number of alkyl halides is 1. The third-order valence-corrected chi connectivity index (χ3v) is 3.13. The molecule has 2 fully saturated rings. The van der Waals surface area contributed by atoms with E-state index in [4.69, 9.17) is 4.74 Å². The zero-order chi connectivity index (χ0) is 9.10. The highest BCUT2D eigenvalue weighted by Crippen LogP contribution is 2.25. The van der Waals surface area contributed by atoms with Crippen LogP contribution < -0.4 is 5.32 Å². The van der Waals surface area contributed by atoms with Gasteiger partial charge in [-0.3, -0.25) is 0 Å². The standard InChI is InChI=1S/C10H18FNO/c11-10(9-4-1-5-12-9)8-3-2-6-13-7-8/h8-10,12H,1-7H2. The third kappa shape index (κ3) is 2.20. The van der Waals surface area contributed by atoms with Crippen molar-refractivity contribution >= 4 is 0 Å². The van der Waals surface area contributed by atoms with Crippen LogP contribution in [0.5, 0.6) is 0 Å². The Bertz CT molecular complexity index is 153. The fraction of sp³-hybridized carbons (Fsp3) is 1.00. The van der Waals surface area contributed by atoms with Crippen molar-refractivity contribution in [3.05, 3.63) is 0 Å². The Labute approximate surface area is 78.8 Å².